The third-order valence-electron chi connectivity index (χ3n) is 3.43. The number of hydrogen-bond donors (Lipinski definition) is 1. The molecule has 0 spiro atoms. The van der Waals surface area contributed by atoms with Gasteiger partial charge in [-0.25, -0.2) is 0 Å². The molecule has 0 radical (unpaired) electrons. The van der Waals surface area contributed by atoms with Crippen LogP contribution in [0.25, 0.3) is 6.08 Å². The fourth-order valence-corrected chi connectivity index (χ4v) is 2.73. The Morgan fingerprint density at radius 1 is 1.33 bits per heavy atom. The molecule has 1 aromatic rings. The van der Waals surface area contributed by atoms with E-state index in [1.54, 1.807) is 29.2 Å². The highest BCUT2D eigenvalue weighted by Crippen LogP contribution is 2.24. The van der Waals surface area contributed by atoms with Crippen LogP contribution in [0.1, 0.15) is 24.8 Å². The number of carboxylic acids is 1. The van der Waals surface area contributed by atoms with Gasteiger partial charge in [0.15, 0.2) is 0 Å². The zero-order valence-electron chi connectivity index (χ0n) is 11.3. The zero-order chi connectivity index (χ0) is 15.4. The summed E-state index contributed by atoms with van der Waals surface area (Å²) < 4.78 is 0. The van der Waals surface area contributed by atoms with E-state index in [1.165, 1.54) is 6.08 Å². The topological polar surface area (TPSA) is 57.6 Å². The Labute approximate surface area is 133 Å². The van der Waals surface area contributed by atoms with Crippen molar-refractivity contribution in [2.24, 2.45) is 0 Å². The molecular formula is C15H15Cl2NO3. The number of carbonyl (C=O) groups is 2. The Bertz CT molecular complexity index is 586. The number of nitrogens with zero attached hydrogens (tertiary/aromatic N) is 1. The van der Waals surface area contributed by atoms with Crippen molar-refractivity contribution >= 4 is 41.2 Å². The molecule has 1 heterocycles. The van der Waals surface area contributed by atoms with Crippen molar-refractivity contribution in [2.75, 3.05) is 6.54 Å². The summed E-state index contributed by atoms with van der Waals surface area (Å²) in [4.78, 5) is 24.6. The van der Waals surface area contributed by atoms with Crippen molar-refractivity contribution in [3.8, 4) is 0 Å². The van der Waals surface area contributed by atoms with Crippen LogP contribution in [-0.4, -0.2) is 34.5 Å². The average molecular weight is 328 g/mol. The smallest absolute Gasteiger partial charge is 0.305 e. The molecule has 1 saturated heterocycles. The van der Waals surface area contributed by atoms with Crippen LogP contribution in [0.5, 0.6) is 0 Å². The van der Waals surface area contributed by atoms with Gasteiger partial charge in [0.2, 0.25) is 5.91 Å². The highest BCUT2D eigenvalue weighted by Gasteiger charge is 2.28. The van der Waals surface area contributed by atoms with E-state index in [4.69, 9.17) is 28.3 Å². The fourth-order valence-electron chi connectivity index (χ4n) is 2.42. The lowest BCUT2D eigenvalue weighted by Gasteiger charge is -2.21. The van der Waals surface area contributed by atoms with E-state index in [2.05, 4.69) is 0 Å². The molecule has 1 N–H and O–H groups in total. The van der Waals surface area contributed by atoms with Crippen LogP contribution in [0.2, 0.25) is 10.0 Å². The summed E-state index contributed by atoms with van der Waals surface area (Å²) in [6.07, 6.45) is 4.66. The van der Waals surface area contributed by atoms with Crippen LogP contribution < -0.4 is 0 Å². The van der Waals surface area contributed by atoms with Gasteiger partial charge in [-0.1, -0.05) is 29.3 Å². The van der Waals surface area contributed by atoms with Crippen LogP contribution >= 0.6 is 23.2 Å². The summed E-state index contributed by atoms with van der Waals surface area (Å²) in [5, 5.41) is 9.74. The Morgan fingerprint density at radius 3 is 2.76 bits per heavy atom. The highest BCUT2D eigenvalue weighted by molar-refractivity contribution is 6.42. The summed E-state index contributed by atoms with van der Waals surface area (Å²) in [7, 11) is 0. The maximum absolute atomic E-state index is 12.1. The van der Waals surface area contributed by atoms with Gasteiger partial charge in [-0.3, -0.25) is 9.59 Å². The van der Waals surface area contributed by atoms with Crippen molar-refractivity contribution in [3.05, 3.63) is 39.9 Å². The molecule has 112 valence electrons. The van der Waals surface area contributed by atoms with Gasteiger partial charge < -0.3 is 10.0 Å². The van der Waals surface area contributed by atoms with E-state index in [0.29, 0.717) is 16.6 Å². The van der Waals surface area contributed by atoms with Crippen LogP contribution in [0.4, 0.5) is 0 Å². The van der Waals surface area contributed by atoms with Gasteiger partial charge in [-0.15, -0.1) is 0 Å². The molecule has 1 fully saturated rings. The molecule has 0 aromatic heterocycles. The van der Waals surface area contributed by atoms with Gasteiger partial charge in [0.05, 0.1) is 16.5 Å². The number of amides is 1. The first-order valence-electron chi connectivity index (χ1n) is 6.63. The number of likely N-dealkylation sites (tertiary alicyclic amines) is 1. The van der Waals surface area contributed by atoms with Crippen molar-refractivity contribution in [2.45, 2.75) is 25.3 Å². The van der Waals surface area contributed by atoms with E-state index >= 15 is 0 Å². The second-order valence-corrected chi connectivity index (χ2v) is 5.75. The quantitative estimate of drug-likeness (QED) is 0.861. The van der Waals surface area contributed by atoms with Gasteiger partial charge in [0.25, 0.3) is 0 Å². The first kappa shape index (κ1) is 15.9. The van der Waals surface area contributed by atoms with E-state index in [1.807, 2.05) is 0 Å². The minimum absolute atomic E-state index is 0.00759. The first-order valence-corrected chi connectivity index (χ1v) is 7.38. The maximum Gasteiger partial charge on any atom is 0.305 e. The Hall–Kier alpha value is -1.52. The largest absolute Gasteiger partial charge is 0.481 e. The van der Waals surface area contributed by atoms with Crippen LogP contribution in [0.15, 0.2) is 24.3 Å². The number of halogens is 2. The number of benzene rings is 1. The van der Waals surface area contributed by atoms with E-state index in [9.17, 15) is 9.59 Å². The van der Waals surface area contributed by atoms with Crippen molar-refractivity contribution in [3.63, 3.8) is 0 Å². The molecule has 1 aliphatic heterocycles. The zero-order valence-corrected chi connectivity index (χ0v) is 12.8. The van der Waals surface area contributed by atoms with Crippen LogP contribution in [0, 0.1) is 0 Å². The van der Waals surface area contributed by atoms with E-state index < -0.39 is 5.97 Å². The van der Waals surface area contributed by atoms with Crippen molar-refractivity contribution < 1.29 is 14.7 Å². The summed E-state index contributed by atoms with van der Waals surface area (Å²) in [6.45, 7) is 0.600. The molecule has 2 rings (SSSR count). The lowest BCUT2D eigenvalue weighted by molar-refractivity contribution is -0.139. The molecule has 1 amide bonds. The molecule has 6 heteroatoms. The Kier molecular flexibility index (Phi) is 5.26. The van der Waals surface area contributed by atoms with Crippen LogP contribution in [-0.2, 0) is 9.59 Å². The molecule has 1 unspecified atom stereocenters. The average Bonchev–Trinajstić information content (AvgIpc) is 2.87. The van der Waals surface area contributed by atoms with Gasteiger partial charge in [0.1, 0.15) is 0 Å². The van der Waals surface area contributed by atoms with Gasteiger partial charge in [-0.2, -0.15) is 0 Å². The lowest BCUT2D eigenvalue weighted by Crippen LogP contribution is -2.35. The molecule has 1 aromatic carbocycles. The minimum atomic E-state index is -0.881. The third kappa shape index (κ3) is 4.22. The molecular weight excluding hydrogens is 313 g/mol. The predicted molar refractivity (Wildman–Crippen MR) is 82.5 cm³/mol. The molecule has 1 atom stereocenters. The van der Waals surface area contributed by atoms with Gasteiger partial charge in [0, 0.05) is 18.7 Å². The van der Waals surface area contributed by atoms with Gasteiger partial charge >= 0.3 is 5.97 Å². The summed E-state index contributed by atoms with van der Waals surface area (Å²) >= 11 is 11.7. The molecule has 21 heavy (non-hydrogen) atoms. The van der Waals surface area contributed by atoms with Crippen molar-refractivity contribution in [1.82, 2.24) is 4.90 Å². The molecule has 1 aliphatic rings. The summed E-state index contributed by atoms with van der Waals surface area (Å²) in [6, 6.07) is 4.88. The Morgan fingerprint density at radius 2 is 2.10 bits per heavy atom. The molecule has 4 nitrogen and oxygen atoms in total. The number of carboxylic acid groups (broad SMARTS) is 1. The summed E-state index contributed by atoms with van der Waals surface area (Å²) in [5.41, 5.74) is 0.770. The number of rotatable bonds is 4. The fraction of sp³-hybridized carbons (Fsp3) is 0.333. The molecule has 0 bridgehead atoms. The van der Waals surface area contributed by atoms with Crippen molar-refractivity contribution in [1.29, 1.82) is 0 Å². The molecule has 0 saturated carbocycles. The van der Waals surface area contributed by atoms with E-state index in [0.717, 1.165) is 18.4 Å². The monoisotopic (exact) mass is 327 g/mol. The summed E-state index contributed by atoms with van der Waals surface area (Å²) in [5.74, 6) is -1.06. The normalized spacial score (nSPS) is 18.4. The molecule has 0 aliphatic carbocycles. The second kappa shape index (κ2) is 6.96. The first-order chi connectivity index (χ1) is 9.97. The number of aliphatic carboxylic acids is 1. The Balaban J connectivity index is 2.04. The standard InChI is InChI=1S/C15H15Cl2NO3/c16-12-5-3-10(8-13(12)17)4-6-14(19)18-7-1-2-11(18)9-15(20)21/h3-6,8,11H,1-2,7,9H2,(H,20,21)/b6-4+. The maximum atomic E-state index is 12.1. The third-order valence-corrected chi connectivity index (χ3v) is 4.17. The van der Waals surface area contributed by atoms with E-state index in [-0.39, 0.29) is 18.4 Å². The van der Waals surface area contributed by atoms with Gasteiger partial charge in [-0.05, 0) is 36.6 Å². The lowest BCUT2D eigenvalue weighted by atomic mass is 10.1. The predicted octanol–water partition coefficient (Wildman–Crippen LogP) is 3.47. The second-order valence-electron chi connectivity index (χ2n) is 4.93. The SMILES string of the molecule is O=C(O)CC1CCCN1C(=O)/C=C/c1ccc(Cl)c(Cl)c1. The highest BCUT2D eigenvalue weighted by atomic mass is 35.5. The number of carbonyl (C=O) groups excluding carboxylic acids is 1. The minimum Gasteiger partial charge on any atom is -0.481 e. The number of hydrogen-bond acceptors (Lipinski definition) is 2. The van der Waals surface area contributed by atoms with Crippen LogP contribution in [0.3, 0.4) is 0 Å².